The molecule has 0 radical (unpaired) electrons. The molecular formula is C31H33F5N2O4. The fourth-order valence-corrected chi connectivity index (χ4v) is 7.09. The number of hydrogen-bond donors (Lipinski definition) is 1. The first-order chi connectivity index (χ1) is 20.0. The van der Waals surface area contributed by atoms with Crippen LogP contribution in [0.5, 0.6) is 0 Å². The molecule has 1 N–H and O–H groups in total. The first kappa shape index (κ1) is 29.0. The average molecular weight is 593 g/mol. The van der Waals surface area contributed by atoms with Crippen molar-refractivity contribution in [2.75, 3.05) is 26.2 Å². The second-order valence-corrected chi connectivity index (χ2v) is 12.1. The van der Waals surface area contributed by atoms with E-state index >= 15 is 0 Å². The summed E-state index contributed by atoms with van der Waals surface area (Å²) in [6.45, 7) is 2.05. The minimum absolute atomic E-state index is 0.0678. The molecule has 3 aliphatic heterocycles. The van der Waals surface area contributed by atoms with E-state index in [1.165, 1.54) is 12.1 Å². The number of carboxylic acids is 1. The molecule has 2 aromatic rings. The molecule has 3 heterocycles. The van der Waals surface area contributed by atoms with E-state index in [0.29, 0.717) is 19.1 Å². The highest BCUT2D eigenvalue weighted by Gasteiger charge is 2.56. The van der Waals surface area contributed by atoms with E-state index in [1.54, 1.807) is 11.0 Å². The topological polar surface area (TPSA) is 70.1 Å². The van der Waals surface area contributed by atoms with E-state index in [2.05, 4.69) is 4.90 Å². The molecule has 4 aliphatic rings. The molecule has 1 saturated carbocycles. The van der Waals surface area contributed by atoms with Crippen LogP contribution in [0.15, 0.2) is 30.3 Å². The van der Waals surface area contributed by atoms with Crippen LogP contribution in [0.3, 0.4) is 0 Å². The summed E-state index contributed by atoms with van der Waals surface area (Å²) in [6.07, 6.45) is 0.0314. The summed E-state index contributed by atoms with van der Waals surface area (Å²) >= 11 is 0. The zero-order chi connectivity index (χ0) is 29.8. The third kappa shape index (κ3) is 5.41. The molecule has 2 atom stereocenters. The Balaban J connectivity index is 1.10. The minimum atomic E-state index is -4.67. The molecule has 1 aliphatic carbocycles. The van der Waals surface area contributed by atoms with E-state index in [0.717, 1.165) is 56.8 Å². The van der Waals surface area contributed by atoms with Gasteiger partial charge in [-0.1, -0.05) is 6.07 Å². The number of hydrogen-bond acceptors (Lipinski definition) is 4. The van der Waals surface area contributed by atoms with E-state index in [4.69, 9.17) is 4.74 Å². The van der Waals surface area contributed by atoms with E-state index in [9.17, 15) is 36.6 Å². The van der Waals surface area contributed by atoms with Gasteiger partial charge < -0.3 is 14.7 Å². The second kappa shape index (κ2) is 10.9. The summed E-state index contributed by atoms with van der Waals surface area (Å²) in [6, 6.07) is 5.88. The zero-order valence-electron chi connectivity index (χ0n) is 23.1. The van der Waals surface area contributed by atoms with Crippen molar-refractivity contribution in [2.24, 2.45) is 5.92 Å². The van der Waals surface area contributed by atoms with Crippen molar-refractivity contribution in [1.82, 2.24) is 9.80 Å². The average Bonchev–Trinajstić information content (AvgIpc) is 3.83. The summed E-state index contributed by atoms with van der Waals surface area (Å²) in [5, 5.41) is 9.26. The lowest BCUT2D eigenvalue weighted by Gasteiger charge is -2.46. The Bertz CT molecular complexity index is 1380. The number of amides is 1. The molecule has 2 saturated heterocycles. The number of aromatic carboxylic acids is 1. The van der Waals surface area contributed by atoms with Crippen molar-refractivity contribution in [3.63, 3.8) is 0 Å². The Kier molecular flexibility index (Phi) is 7.54. The van der Waals surface area contributed by atoms with Gasteiger partial charge in [0.15, 0.2) is 0 Å². The molecule has 6 rings (SSSR count). The lowest BCUT2D eigenvalue weighted by Crippen LogP contribution is -2.58. The van der Waals surface area contributed by atoms with Crippen LogP contribution >= 0.6 is 0 Å². The molecular weight excluding hydrogens is 559 g/mol. The number of fused-ring (bicyclic) bond motifs is 1. The number of carbonyl (C=O) groups excluding carboxylic acids is 1. The summed E-state index contributed by atoms with van der Waals surface area (Å²) in [5.74, 6) is -2.93. The van der Waals surface area contributed by atoms with E-state index < -0.39 is 34.9 Å². The molecule has 1 amide bonds. The van der Waals surface area contributed by atoms with Crippen molar-refractivity contribution in [3.8, 4) is 0 Å². The van der Waals surface area contributed by atoms with E-state index in [1.807, 2.05) is 0 Å². The van der Waals surface area contributed by atoms with Gasteiger partial charge >= 0.3 is 12.1 Å². The minimum Gasteiger partial charge on any atom is -0.478 e. The first-order valence-electron chi connectivity index (χ1n) is 14.5. The second-order valence-electron chi connectivity index (χ2n) is 12.1. The zero-order valence-corrected chi connectivity index (χ0v) is 23.1. The van der Waals surface area contributed by atoms with Crippen LogP contribution in [0.2, 0.25) is 0 Å². The van der Waals surface area contributed by atoms with Crippen molar-refractivity contribution in [1.29, 1.82) is 0 Å². The Labute approximate surface area is 240 Å². The number of ether oxygens (including phenoxy) is 1. The van der Waals surface area contributed by atoms with Gasteiger partial charge in [0, 0.05) is 19.1 Å². The third-order valence-corrected chi connectivity index (χ3v) is 9.61. The summed E-state index contributed by atoms with van der Waals surface area (Å²) in [5.41, 5.74) is -1.13. The van der Waals surface area contributed by atoms with Gasteiger partial charge in [0.05, 0.1) is 17.7 Å². The van der Waals surface area contributed by atoms with Gasteiger partial charge in [-0.05, 0) is 111 Å². The van der Waals surface area contributed by atoms with Crippen molar-refractivity contribution in [2.45, 2.75) is 75.2 Å². The molecule has 226 valence electrons. The molecule has 3 fully saturated rings. The van der Waals surface area contributed by atoms with Crippen molar-refractivity contribution in [3.05, 3.63) is 69.8 Å². The van der Waals surface area contributed by atoms with Gasteiger partial charge in [-0.3, -0.25) is 9.69 Å². The number of carbonyl (C=O) groups is 2. The summed E-state index contributed by atoms with van der Waals surface area (Å²) in [7, 11) is 0. The van der Waals surface area contributed by atoms with E-state index in [-0.39, 0.29) is 60.0 Å². The Morgan fingerprint density at radius 3 is 2.31 bits per heavy atom. The quantitative estimate of drug-likeness (QED) is 0.447. The summed E-state index contributed by atoms with van der Waals surface area (Å²) < 4.78 is 74.7. The first-order valence-corrected chi connectivity index (χ1v) is 14.5. The Morgan fingerprint density at radius 2 is 1.69 bits per heavy atom. The molecule has 2 aromatic carbocycles. The van der Waals surface area contributed by atoms with Crippen LogP contribution in [0.1, 0.15) is 77.1 Å². The maximum Gasteiger partial charge on any atom is 0.416 e. The highest BCUT2D eigenvalue weighted by Crippen LogP contribution is 2.49. The molecule has 0 unspecified atom stereocenters. The normalized spacial score (nSPS) is 25.7. The number of benzene rings is 2. The number of rotatable bonds is 5. The number of halogens is 5. The predicted molar refractivity (Wildman–Crippen MR) is 142 cm³/mol. The van der Waals surface area contributed by atoms with Gasteiger partial charge in [0.25, 0.3) is 5.91 Å². The highest BCUT2D eigenvalue weighted by molar-refractivity contribution is 5.88. The monoisotopic (exact) mass is 592 g/mol. The van der Waals surface area contributed by atoms with Gasteiger partial charge in [-0.25, -0.2) is 13.6 Å². The fraction of sp³-hybridized carbons (Fsp3) is 0.548. The number of piperidine rings is 1. The van der Waals surface area contributed by atoms with Crippen LogP contribution in [-0.2, 0) is 28.7 Å². The fourth-order valence-electron chi connectivity index (χ4n) is 7.09. The third-order valence-electron chi connectivity index (χ3n) is 9.61. The maximum absolute atomic E-state index is 14.5. The maximum atomic E-state index is 14.5. The van der Waals surface area contributed by atoms with Crippen LogP contribution in [-0.4, -0.2) is 64.7 Å². The van der Waals surface area contributed by atoms with Crippen LogP contribution in [0, 0.1) is 17.6 Å². The standard InChI is InChI=1S/C31H33F5N2O4/c32-26-4-1-19(14-25(26)28(39)40)18-6-10-37(11-7-18)23-5-9-30(42-17-23,21-2-3-21)29(41)38-12-8-24-20(16-38)13-22(15-27(24)33)31(34,35)36/h1,4,13-15,18,21,23H,2-3,5-12,16-17H2,(H,39,40)/t23-,30+/m1/s1. The number of likely N-dealkylation sites (tertiary alicyclic amines) is 1. The molecule has 42 heavy (non-hydrogen) atoms. The molecule has 0 aromatic heterocycles. The molecule has 11 heteroatoms. The molecule has 0 spiro atoms. The summed E-state index contributed by atoms with van der Waals surface area (Å²) in [4.78, 5) is 29.1. The Hall–Kier alpha value is -3.05. The number of nitrogens with zero attached hydrogens (tertiary/aromatic N) is 2. The van der Waals surface area contributed by atoms with Crippen LogP contribution in [0.4, 0.5) is 22.0 Å². The van der Waals surface area contributed by atoms with Gasteiger partial charge in [-0.15, -0.1) is 0 Å². The molecule has 0 bridgehead atoms. The lowest BCUT2D eigenvalue weighted by atomic mass is 9.83. The van der Waals surface area contributed by atoms with Crippen molar-refractivity contribution < 1.29 is 41.4 Å². The molecule has 6 nitrogen and oxygen atoms in total. The smallest absolute Gasteiger partial charge is 0.416 e. The lowest BCUT2D eigenvalue weighted by molar-refractivity contribution is -0.177. The van der Waals surface area contributed by atoms with Crippen LogP contribution < -0.4 is 0 Å². The number of carboxylic acid groups (broad SMARTS) is 1. The van der Waals surface area contributed by atoms with Crippen LogP contribution in [0.25, 0.3) is 0 Å². The SMILES string of the molecule is O=C(O)c1cc(C2CCN([C@@H]3CC[C@@](C(=O)N4CCc5c(F)cc(C(F)(F)F)cc5C4)(C4CC4)OC3)CC2)ccc1F. The highest BCUT2D eigenvalue weighted by atomic mass is 19.4. The largest absolute Gasteiger partial charge is 0.478 e. The van der Waals surface area contributed by atoms with Gasteiger partial charge in [0.2, 0.25) is 0 Å². The van der Waals surface area contributed by atoms with Gasteiger partial charge in [-0.2, -0.15) is 13.2 Å². The van der Waals surface area contributed by atoms with Gasteiger partial charge in [0.1, 0.15) is 17.2 Å². The van der Waals surface area contributed by atoms with Crippen molar-refractivity contribution >= 4 is 11.9 Å². The predicted octanol–water partition coefficient (Wildman–Crippen LogP) is 5.77. The Morgan fingerprint density at radius 1 is 0.952 bits per heavy atom. The number of alkyl halides is 3.